The van der Waals surface area contributed by atoms with Gasteiger partial charge < -0.3 is 9.47 Å². The number of methoxy groups -OCH3 is 2. The molecule has 0 saturated heterocycles. The number of hydrogen-bond donors (Lipinski definition) is 0. The molecule has 0 aliphatic heterocycles. The number of carbonyl (C=O) groups is 1. The molecule has 0 saturated carbocycles. The highest BCUT2D eigenvalue weighted by Gasteiger charge is 2.31. The first-order valence-electron chi connectivity index (χ1n) is 9.28. The third kappa shape index (κ3) is 2.36. The standard InChI is InChI=1S/C25H19O3/c1-27-18-10-13-21(22(14-18)28-2)25(26)20-12-9-17-7-6-15-4-3-5-16-8-11-19(20)24(17)23(15)16/h3-8,10-14H,9H2,1-2H3/q+1. The zero-order valence-electron chi connectivity index (χ0n) is 15.8. The van der Waals surface area contributed by atoms with Crippen LogP contribution >= 0.6 is 0 Å². The number of ketones is 1. The summed E-state index contributed by atoms with van der Waals surface area (Å²) in [6.45, 7) is 0. The first-order valence-corrected chi connectivity index (χ1v) is 9.28. The van der Waals surface area contributed by atoms with Gasteiger partial charge in [0.2, 0.25) is 0 Å². The summed E-state index contributed by atoms with van der Waals surface area (Å²) in [5, 5.41) is 5.82. The van der Waals surface area contributed by atoms with Crippen LogP contribution in [0.4, 0.5) is 0 Å². The molecule has 0 bridgehead atoms. The number of rotatable bonds is 4. The van der Waals surface area contributed by atoms with E-state index >= 15 is 0 Å². The Morgan fingerprint density at radius 2 is 1.68 bits per heavy atom. The predicted octanol–water partition coefficient (Wildman–Crippen LogP) is 4.52. The molecule has 0 N–H and O–H groups in total. The summed E-state index contributed by atoms with van der Waals surface area (Å²) in [4.78, 5) is 13.5. The molecule has 0 heterocycles. The minimum absolute atomic E-state index is 0.0267. The van der Waals surface area contributed by atoms with Crippen LogP contribution in [-0.4, -0.2) is 20.0 Å². The molecule has 0 unspecified atom stereocenters. The fourth-order valence-corrected chi connectivity index (χ4v) is 4.22. The van der Waals surface area contributed by atoms with Gasteiger partial charge in [0.25, 0.3) is 0 Å². The van der Waals surface area contributed by atoms with Gasteiger partial charge in [-0.15, -0.1) is 0 Å². The van der Waals surface area contributed by atoms with Crippen molar-refractivity contribution < 1.29 is 14.3 Å². The summed E-state index contributed by atoms with van der Waals surface area (Å²) in [5.41, 5.74) is 2.54. The molecular formula is C25H19O3+. The monoisotopic (exact) mass is 367 g/mol. The largest absolute Gasteiger partial charge is 0.497 e. The lowest BCUT2D eigenvalue weighted by Gasteiger charge is -2.14. The number of benzene rings is 4. The lowest BCUT2D eigenvalue weighted by Crippen LogP contribution is -2.21. The van der Waals surface area contributed by atoms with E-state index in [1.54, 1.807) is 32.4 Å². The van der Waals surface area contributed by atoms with Gasteiger partial charge >= 0.3 is 5.78 Å². The smallest absolute Gasteiger partial charge is 0.305 e. The summed E-state index contributed by atoms with van der Waals surface area (Å²) in [5.74, 6) is 1.16. The number of carbonyl (C=O) groups excluding carboxylic acids is 1. The van der Waals surface area contributed by atoms with Crippen LogP contribution in [0.25, 0.3) is 27.1 Å². The first-order chi connectivity index (χ1) is 13.7. The topological polar surface area (TPSA) is 35.5 Å². The van der Waals surface area contributed by atoms with Crippen molar-refractivity contribution in [2.24, 2.45) is 0 Å². The van der Waals surface area contributed by atoms with Crippen LogP contribution in [0, 0.1) is 6.42 Å². The van der Waals surface area contributed by atoms with Crippen molar-refractivity contribution in [2.45, 2.75) is 6.42 Å². The quantitative estimate of drug-likeness (QED) is 0.393. The molecule has 0 atom stereocenters. The summed E-state index contributed by atoms with van der Waals surface area (Å²) >= 11 is 0. The van der Waals surface area contributed by atoms with Crippen LogP contribution in [0.3, 0.4) is 0 Å². The van der Waals surface area contributed by atoms with E-state index in [1.807, 2.05) is 6.42 Å². The van der Waals surface area contributed by atoms with E-state index in [0.717, 1.165) is 17.2 Å². The lowest BCUT2D eigenvalue weighted by molar-refractivity contribution is 0.105. The van der Waals surface area contributed by atoms with Crippen LogP contribution in [0.15, 0.2) is 60.7 Å². The normalized spacial score (nSPS) is 12.9. The lowest BCUT2D eigenvalue weighted by atomic mass is 9.84. The van der Waals surface area contributed by atoms with Gasteiger partial charge in [0, 0.05) is 30.4 Å². The predicted molar refractivity (Wildman–Crippen MR) is 112 cm³/mol. The maximum Gasteiger partial charge on any atom is 0.305 e. The number of Topliss-reactive ketones (excluding diaryl/α,β-unsaturated/α-hetero) is 1. The summed E-state index contributed by atoms with van der Waals surface area (Å²) < 4.78 is 10.7. The Kier molecular flexibility index (Phi) is 3.76. The first kappa shape index (κ1) is 16.7. The third-order valence-corrected chi connectivity index (χ3v) is 5.58. The highest BCUT2D eigenvalue weighted by Crippen LogP contribution is 2.33. The van der Waals surface area contributed by atoms with E-state index in [4.69, 9.17) is 9.47 Å². The van der Waals surface area contributed by atoms with E-state index in [1.165, 1.54) is 27.1 Å². The van der Waals surface area contributed by atoms with Crippen molar-refractivity contribution in [3.05, 3.63) is 83.4 Å². The average Bonchev–Trinajstić information content (AvgIpc) is 2.76. The second-order valence-electron chi connectivity index (χ2n) is 7.01. The van der Waals surface area contributed by atoms with Gasteiger partial charge in [-0.1, -0.05) is 30.3 Å². The van der Waals surface area contributed by atoms with Gasteiger partial charge in [-0.05, 0) is 34.5 Å². The minimum atomic E-state index is -0.0267. The Morgan fingerprint density at radius 1 is 0.893 bits per heavy atom. The Hall–Kier alpha value is -3.46. The molecule has 5 rings (SSSR count). The van der Waals surface area contributed by atoms with Crippen molar-refractivity contribution in [3.63, 3.8) is 0 Å². The molecule has 3 heteroatoms. The van der Waals surface area contributed by atoms with E-state index in [0.29, 0.717) is 17.1 Å². The molecule has 1 aliphatic carbocycles. The molecule has 28 heavy (non-hydrogen) atoms. The molecule has 3 nitrogen and oxygen atoms in total. The molecule has 0 radical (unpaired) electrons. The minimum Gasteiger partial charge on any atom is -0.497 e. The molecule has 1 aliphatic rings. The van der Waals surface area contributed by atoms with Crippen molar-refractivity contribution >= 4 is 32.9 Å². The second kappa shape index (κ2) is 6.31. The summed E-state index contributed by atoms with van der Waals surface area (Å²) in [7, 11) is 3.17. The van der Waals surface area contributed by atoms with Crippen LogP contribution in [0.5, 0.6) is 11.5 Å². The van der Waals surface area contributed by atoms with Crippen molar-refractivity contribution in [2.75, 3.05) is 14.2 Å². The van der Waals surface area contributed by atoms with Crippen LogP contribution < -0.4 is 14.7 Å². The zero-order chi connectivity index (χ0) is 19.3. The molecule has 136 valence electrons. The Balaban J connectivity index is 1.80. The fraction of sp³-hybridized carbons (Fsp3) is 0.120. The molecule has 0 aromatic heterocycles. The van der Waals surface area contributed by atoms with Gasteiger partial charge in [-0.25, -0.2) is 4.79 Å². The maximum absolute atomic E-state index is 13.5. The van der Waals surface area contributed by atoms with Crippen LogP contribution in [0.1, 0.15) is 15.9 Å². The third-order valence-electron chi connectivity index (χ3n) is 5.58. The summed E-state index contributed by atoms with van der Waals surface area (Å²) in [6, 6.07) is 20.2. The molecule has 0 amide bonds. The SMILES string of the molecule is COc1ccc(C(=O)C2=c3ccc4cccc5ccc(c3c54)C[CH+]2)c(OC)c1. The molecular weight excluding hydrogens is 348 g/mol. The molecule has 4 aromatic rings. The van der Waals surface area contributed by atoms with Gasteiger partial charge in [0.1, 0.15) is 17.1 Å². The second-order valence-corrected chi connectivity index (χ2v) is 7.01. The number of hydrogen-bond acceptors (Lipinski definition) is 3. The van der Waals surface area contributed by atoms with E-state index in [-0.39, 0.29) is 5.78 Å². The van der Waals surface area contributed by atoms with E-state index in [9.17, 15) is 4.79 Å². The van der Waals surface area contributed by atoms with Gasteiger partial charge in [-0.3, -0.25) is 0 Å². The van der Waals surface area contributed by atoms with Gasteiger partial charge in [0.05, 0.1) is 24.8 Å². The molecule has 0 fully saturated rings. The van der Waals surface area contributed by atoms with E-state index in [2.05, 4.69) is 42.5 Å². The Labute approximate surface area is 163 Å². The number of ether oxygens (including phenoxy) is 2. The van der Waals surface area contributed by atoms with Crippen molar-refractivity contribution in [3.8, 4) is 11.5 Å². The zero-order valence-corrected chi connectivity index (χ0v) is 15.8. The fourth-order valence-electron chi connectivity index (χ4n) is 4.22. The Bertz CT molecular complexity index is 1280. The molecule has 0 spiro atoms. The maximum atomic E-state index is 13.5. The Morgan fingerprint density at radius 3 is 2.43 bits per heavy atom. The highest BCUT2D eigenvalue weighted by atomic mass is 16.5. The van der Waals surface area contributed by atoms with Crippen molar-refractivity contribution in [1.29, 1.82) is 0 Å². The average molecular weight is 367 g/mol. The summed E-state index contributed by atoms with van der Waals surface area (Å²) in [6.07, 6.45) is 2.78. The molecule has 4 aromatic carbocycles. The van der Waals surface area contributed by atoms with Gasteiger partial charge in [0.15, 0.2) is 5.57 Å². The van der Waals surface area contributed by atoms with Crippen LogP contribution in [0.2, 0.25) is 0 Å². The highest BCUT2D eigenvalue weighted by molar-refractivity contribution is 6.29. The van der Waals surface area contributed by atoms with Crippen molar-refractivity contribution in [1.82, 2.24) is 0 Å². The van der Waals surface area contributed by atoms with E-state index < -0.39 is 0 Å². The van der Waals surface area contributed by atoms with Crippen LogP contribution in [-0.2, 0) is 6.42 Å². The van der Waals surface area contributed by atoms with Gasteiger partial charge in [-0.2, -0.15) is 0 Å².